The maximum absolute atomic E-state index is 13.6. The second-order valence-corrected chi connectivity index (χ2v) is 7.68. The fourth-order valence-electron chi connectivity index (χ4n) is 4.06. The Kier molecular flexibility index (Phi) is 4.58. The summed E-state index contributed by atoms with van der Waals surface area (Å²) in [5, 5.41) is 4.67. The number of benzene rings is 1. The van der Waals surface area contributed by atoms with Gasteiger partial charge in [0.2, 0.25) is 0 Å². The van der Waals surface area contributed by atoms with Crippen molar-refractivity contribution < 1.29 is 13.6 Å². The highest BCUT2D eigenvalue weighted by atomic mass is 19.1. The molecule has 4 aromatic rings. The molecule has 3 aromatic heterocycles. The summed E-state index contributed by atoms with van der Waals surface area (Å²) in [6.45, 7) is 3.10. The molecule has 6 nitrogen and oxygen atoms in total. The van der Waals surface area contributed by atoms with E-state index in [0.717, 1.165) is 42.0 Å². The quantitative estimate of drug-likeness (QED) is 0.506. The summed E-state index contributed by atoms with van der Waals surface area (Å²) in [7, 11) is 0. The minimum atomic E-state index is -0.272. The third-order valence-electron chi connectivity index (χ3n) is 5.67. The van der Waals surface area contributed by atoms with E-state index >= 15 is 0 Å². The number of carbonyl (C=O) groups excluding carboxylic acids is 1. The number of fused-ring (bicyclic) bond motifs is 1. The maximum Gasteiger partial charge on any atom is 0.257 e. The number of pyridine rings is 1. The SMILES string of the molecule is Cc1occc1C(=O)N1CCC[C@@H](c2nc3ccc(-c4cccc(F)c4)cn3n2)C1. The molecule has 1 saturated heterocycles. The smallest absolute Gasteiger partial charge is 0.257 e. The van der Waals surface area contributed by atoms with E-state index in [1.54, 1.807) is 29.8 Å². The summed E-state index contributed by atoms with van der Waals surface area (Å²) in [4.78, 5) is 19.4. The molecule has 4 heterocycles. The van der Waals surface area contributed by atoms with Crippen LogP contribution >= 0.6 is 0 Å². The number of aromatic nitrogens is 3. The second-order valence-electron chi connectivity index (χ2n) is 7.68. The Balaban J connectivity index is 1.40. The minimum Gasteiger partial charge on any atom is -0.469 e. The highest BCUT2D eigenvalue weighted by molar-refractivity contribution is 5.95. The van der Waals surface area contributed by atoms with Gasteiger partial charge in [0.1, 0.15) is 11.6 Å². The molecular formula is C23H21FN4O2. The van der Waals surface area contributed by atoms with Crippen LogP contribution in [0.25, 0.3) is 16.8 Å². The molecule has 0 spiro atoms. The van der Waals surface area contributed by atoms with E-state index in [-0.39, 0.29) is 17.6 Å². The van der Waals surface area contributed by atoms with Crippen LogP contribution in [-0.4, -0.2) is 38.5 Å². The van der Waals surface area contributed by atoms with Gasteiger partial charge < -0.3 is 9.32 Å². The van der Waals surface area contributed by atoms with Gasteiger partial charge in [-0.15, -0.1) is 0 Å². The predicted octanol–water partition coefficient (Wildman–Crippen LogP) is 4.46. The number of furan rings is 1. The van der Waals surface area contributed by atoms with Gasteiger partial charge in [-0.1, -0.05) is 12.1 Å². The molecule has 1 aromatic carbocycles. The third-order valence-corrected chi connectivity index (χ3v) is 5.67. The number of hydrogen-bond donors (Lipinski definition) is 0. The van der Waals surface area contributed by atoms with Crippen molar-refractivity contribution in [3.8, 4) is 11.1 Å². The molecule has 0 saturated carbocycles. The highest BCUT2D eigenvalue weighted by Gasteiger charge is 2.29. The number of hydrogen-bond acceptors (Lipinski definition) is 4. The lowest BCUT2D eigenvalue weighted by Gasteiger charge is -2.31. The molecule has 0 N–H and O–H groups in total. The number of piperidine rings is 1. The first kappa shape index (κ1) is 18.5. The molecule has 0 radical (unpaired) electrons. The number of carbonyl (C=O) groups is 1. The first-order valence-electron chi connectivity index (χ1n) is 10.0. The predicted molar refractivity (Wildman–Crippen MR) is 110 cm³/mol. The van der Waals surface area contributed by atoms with Gasteiger partial charge in [-0.25, -0.2) is 13.9 Å². The summed E-state index contributed by atoms with van der Waals surface area (Å²) < 4.78 is 20.6. The van der Waals surface area contributed by atoms with Crippen LogP contribution in [0.15, 0.2) is 59.3 Å². The average molecular weight is 404 g/mol. The number of likely N-dealkylation sites (tertiary alicyclic amines) is 1. The van der Waals surface area contributed by atoms with Crippen molar-refractivity contribution in [2.45, 2.75) is 25.7 Å². The Bertz CT molecular complexity index is 1230. The van der Waals surface area contributed by atoms with Crippen LogP contribution in [0.1, 0.15) is 40.7 Å². The van der Waals surface area contributed by atoms with Crippen molar-refractivity contribution in [2.24, 2.45) is 0 Å². The third kappa shape index (κ3) is 3.36. The van der Waals surface area contributed by atoms with Crippen molar-refractivity contribution >= 4 is 11.6 Å². The van der Waals surface area contributed by atoms with Crippen LogP contribution < -0.4 is 0 Å². The summed E-state index contributed by atoms with van der Waals surface area (Å²) in [5.41, 5.74) is 3.01. The van der Waals surface area contributed by atoms with Crippen molar-refractivity contribution in [3.63, 3.8) is 0 Å². The van der Waals surface area contributed by atoms with Crippen molar-refractivity contribution in [1.29, 1.82) is 0 Å². The van der Waals surface area contributed by atoms with Gasteiger partial charge in [-0.2, -0.15) is 5.10 Å². The zero-order valence-electron chi connectivity index (χ0n) is 16.6. The van der Waals surface area contributed by atoms with E-state index in [2.05, 4.69) is 10.1 Å². The molecule has 0 bridgehead atoms. The van der Waals surface area contributed by atoms with E-state index < -0.39 is 0 Å². The van der Waals surface area contributed by atoms with E-state index in [9.17, 15) is 9.18 Å². The monoisotopic (exact) mass is 404 g/mol. The lowest BCUT2D eigenvalue weighted by molar-refractivity contribution is 0.0703. The molecule has 1 atom stereocenters. The van der Waals surface area contributed by atoms with Crippen molar-refractivity contribution in [1.82, 2.24) is 19.5 Å². The fraction of sp³-hybridized carbons (Fsp3) is 0.261. The molecule has 30 heavy (non-hydrogen) atoms. The minimum absolute atomic E-state index is 0.0110. The molecule has 1 amide bonds. The van der Waals surface area contributed by atoms with Gasteiger partial charge in [-0.3, -0.25) is 4.79 Å². The Morgan fingerprint density at radius 1 is 1.20 bits per heavy atom. The second kappa shape index (κ2) is 7.40. The molecule has 0 unspecified atom stereocenters. The Morgan fingerprint density at radius 3 is 2.90 bits per heavy atom. The molecule has 0 aliphatic carbocycles. The summed E-state index contributed by atoms with van der Waals surface area (Å²) in [6.07, 6.45) is 5.24. The number of halogens is 1. The Labute approximate surface area is 173 Å². The highest BCUT2D eigenvalue weighted by Crippen LogP contribution is 2.27. The number of amides is 1. The van der Waals surface area contributed by atoms with Gasteiger partial charge >= 0.3 is 0 Å². The van der Waals surface area contributed by atoms with Gasteiger partial charge in [0.05, 0.1) is 11.8 Å². The van der Waals surface area contributed by atoms with Crippen LogP contribution in [0.3, 0.4) is 0 Å². The van der Waals surface area contributed by atoms with Crippen LogP contribution in [0.5, 0.6) is 0 Å². The van der Waals surface area contributed by atoms with Gasteiger partial charge in [-0.05, 0) is 55.7 Å². The maximum atomic E-state index is 13.6. The van der Waals surface area contributed by atoms with Crippen LogP contribution in [-0.2, 0) is 0 Å². The number of rotatable bonds is 3. The Morgan fingerprint density at radius 2 is 2.10 bits per heavy atom. The molecule has 5 rings (SSSR count). The normalized spacial score (nSPS) is 16.9. The topological polar surface area (TPSA) is 63.6 Å². The molecular weight excluding hydrogens is 383 g/mol. The van der Waals surface area contributed by atoms with E-state index in [4.69, 9.17) is 4.42 Å². The van der Waals surface area contributed by atoms with Crippen LogP contribution in [0, 0.1) is 12.7 Å². The summed E-state index contributed by atoms with van der Waals surface area (Å²) >= 11 is 0. The van der Waals surface area contributed by atoms with E-state index in [1.165, 1.54) is 12.1 Å². The first-order chi connectivity index (χ1) is 14.6. The molecule has 1 fully saturated rings. The molecule has 1 aliphatic heterocycles. The fourth-order valence-corrected chi connectivity index (χ4v) is 4.06. The average Bonchev–Trinajstić information content (AvgIpc) is 3.39. The first-order valence-corrected chi connectivity index (χ1v) is 10.0. The molecule has 1 aliphatic rings. The zero-order valence-corrected chi connectivity index (χ0v) is 16.6. The standard InChI is InChI=1S/C23H21FN4O2/c1-15-20(9-11-30-15)23(29)27-10-3-5-18(13-27)22-25-21-8-7-17(14-28(21)26-22)16-4-2-6-19(24)12-16/h2,4,6-9,11-12,14,18H,3,5,10,13H2,1H3/t18-/m1/s1. The van der Waals surface area contributed by atoms with Gasteiger partial charge in [0, 0.05) is 30.8 Å². The van der Waals surface area contributed by atoms with Crippen LogP contribution in [0.2, 0.25) is 0 Å². The molecule has 7 heteroatoms. The van der Waals surface area contributed by atoms with Crippen LogP contribution in [0.4, 0.5) is 4.39 Å². The van der Waals surface area contributed by atoms with Crippen molar-refractivity contribution in [3.05, 3.63) is 77.9 Å². The van der Waals surface area contributed by atoms with Gasteiger partial charge in [0.15, 0.2) is 11.5 Å². The lowest BCUT2D eigenvalue weighted by Crippen LogP contribution is -2.39. The summed E-state index contributed by atoms with van der Waals surface area (Å²) in [5.74, 6) is 1.16. The Hall–Kier alpha value is -3.48. The van der Waals surface area contributed by atoms with Gasteiger partial charge in [0.25, 0.3) is 5.91 Å². The largest absolute Gasteiger partial charge is 0.469 e. The number of nitrogens with zero attached hydrogens (tertiary/aromatic N) is 4. The molecule has 152 valence electrons. The summed E-state index contributed by atoms with van der Waals surface area (Å²) in [6, 6.07) is 12.0. The van der Waals surface area contributed by atoms with E-state index in [0.29, 0.717) is 17.9 Å². The van der Waals surface area contributed by atoms with Crippen molar-refractivity contribution in [2.75, 3.05) is 13.1 Å². The number of aryl methyl sites for hydroxylation is 1. The lowest BCUT2D eigenvalue weighted by atomic mass is 9.97. The van der Waals surface area contributed by atoms with E-state index in [1.807, 2.05) is 29.3 Å². The zero-order chi connectivity index (χ0) is 20.7.